The summed E-state index contributed by atoms with van der Waals surface area (Å²) in [4.78, 5) is 10.3. The Balaban J connectivity index is 1.99. The molecule has 3 rings (SSSR count). The Kier molecular flexibility index (Phi) is 6.73. The molecular weight excluding hydrogens is 428 g/mol. The van der Waals surface area contributed by atoms with Crippen LogP contribution in [0, 0.1) is 10.1 Å². The van der Waals surface area contributed by atoms with Gasteiger partial charge in [-0.05, 0) is 31.2 Å². The molecule has 0 spiro atoms. The summed E-state index contributed by atoms with van der Waals surface area (Å²) >= 11 is 0. The number of sulfonamides is 1. The second-order valence-corrected chi connectivity index (χ2v) is 8.55. The lowest BCUT2D eigenvalue weighted by atomic mass is 10.1. The van der Waals surface area contributed by atoms with Crippen LogP contribution in [0.4, 0.5) is 11.4 Å². The molecule has 1 aliphatic heterocycles. The van der Waals surface area contributed by atoms with Crippen LogP contribution in [0.5, 0.6) is 11.5 Å². The van der Waals surface area contributed by atoms with Crippen molar-refractivity contribution in [3.8, 4) is 11.5 Å². The molecule has 0 radical (unpaired) electrons. The number of non-ortho nitro benzene ring substituents is 1. The molecule has 2 aromatic carbocycles. The van der Waals surface area contributed by atoms with Crippen molar-refractivity contribution in [1.29, 1.82) is 0 Å². The summed E-state index contributed by atoms with van der Waals surface area (Å²) in [5, 5.41) is 25.5. The predicted molar refractivity (Wildman–Crippen MR) is 113 cm³/mol. The molecule has 0 saturated carbocycles. The minimum atomic E-state index is -4.03. The fraction of sp³-hybridized carbons (Fsp3) is 0.316. The summed E-state index contributed by atoms with van der Waals surface area (Å²) in [6.45, 7) is 2.38. The van der Waals surface area contributed by atoms with E-state index in [0.717, 1.165) is 6.07 Å². The number of phenols is 1. The highest BCUT2D eigenvalue weighted by Gasteiger charge is 2.30. The Morgan fingerprint density at radius 3 is 2.61 bits per heavy atom. The van der Waals surface area contributed by atoms with Gasteiger partial charge in [-0.1, -0.05) is 0 Å². The zero-order valence-corrected chi connectivity index (χ0v) is 17.8. The minimum absolute atomic E-state index is 0.0336. The zero-order valence-electron chi connectivity index (χ0n) is 16.9. The first-order chi connectivity index (χ1) is 14.7. The first-order valence-corrected chi connectivity index (χ1v) is 10.7. The van der Waals surface area contributed by atoms with E-state index in [9.17, 15) is 23.6 Å². The van der Waals surface area contributed by atoms with E-state index in [1.165, 1.54) is 29.6 Å². The van der Waals surface area contributed by atoms with Crippen molar-refractivity contribution in [2.75, 3.05) is 38.8 Å². The molecule has 2 N–H and O–H groups in total. The number of methoxy groups -OCH3 is 1. The van der Waals surface area contributed by atoms with E-state index >= 15 is 0 Å². The molecular formula is C19H22N4O7S. The van der Waals surface area contributed by atoms with Crippen LogP contribution in [0.1, 0.15) is 12.5 Å². The lowest BCUT2D eigenvalue weighted by Gasteiger charge is -2.26. The van der Waals surface area contributed by atoms with E-state index < -0.39 is 14.9 Å². The molecule has 0 atom stereocenters. The van der Waals surface area contributed by atoms with Gasteiger partial charge in [-0.15, -0.1) is 0 Å². The Labute approximate surface area is 179 Å². The van der Waals surface area contributed by atoms with Crippen molar-refractivity contribution >= 4 is 27.1 Å². The molecule has 0 aromatic heterocycles. The standard InChI is InChI=1S/C19H22N4O7S/c1-13(16-12-15(29-2)4-6-18(16)24)20-21-17-5-3-14(23(25)26)11-19(17)31(27,28)22-7-9-30-10-8-22/h3-6,11-12,21,24H,7-10H2,1-2H3/b20-13+. The van der Waals surface area contributed by atoms with Gasteiger partial charge in [0.1, 0.15) is 16.4 Å². The summed E-state index contributed by atoms with van der Waals surface area (Å²) in [6.07, 6.45) is 0. The summed E-state index contributed by atoms with van der Waals surface area (Å²) in [5.74, 6) is 0.474. The number of hydrogen-bond acceptors (Lipinski definition) is 9. The molecule has 166 valence electrons. The second kappa shape index (κ2) is 9.29. The highest BCUT2D eigenvalue weighted by molar-refractivity contribution is 7.89. The summed E-state index contributed by atoms with van der Waals surface area (Å²) in [6, 6.07) is 8.09. The number of anilines is 1. The number of rotatable bonds is 7. The van der Waals surface area contributed by atoms with Gasteiger partial charge in [0.25, 0.3) is 5.69 Å². The van der Waals surface area contributed by atoms with Crippen LogP contribution in [-0.2, 0) is 14.8 Å². The van der Waals surface area contributed by atoms with Gasteiger partial charge in [-0.3, -0.25) is 15.5 Å². The van der Waals surface area contributed by atoms with Gasteiger partial charge in [0.15, 0.2) is 0 Å². The van der Waals surface area contributed by atoms with Gasteiger partial charge in [-0.25, -0.2) is 8.42 Å². The largest absolute Gasteiger partial charge is 0.507 e. The second-order valence-electron chi connectivity index (χ2n) is 6.65. The smallest absolute Gasteiger partial charge is 0.270 e. The third kappa shape index (κ3) is 4.93. The van der Waals surface area contributed by atoms with Crippen LogP contribution < -0.4 is 10.2 Å². The number of benzene rings is 2. The van der Waals surface area contributed by atoms with E-state index in [4.69, 9.17) is 9.47 Å². The predicted octanol–water partition coefficient (Wildman–Crippen LogP) is 2.17. The van der Waals surface area contributed by atoms with Gasteiger partial charge in [0.05, 0.1) is 36.6 Å². The number of morpholine rings is 1. The van der Waals surface area contributed by atoms with Crippen molar-refractivity contribution in [2.45, 2.75) is 11.8 Å². The van der Waals surface area contributed by atoms with Crippen molar-refractivity contribution in [3.63, 3.8) is 0 Å². The third-order valence-corrected chi connectivity index (χ3v) is 6.64. The van der Waals surface area contributed by atoms with Crippen molar-refractivity contribution < 1.29 is 27.9 Å². The first-order valence-electron chi connectivity index (χ1n) is 9.28. The average molecular weight is 450 g/mol. The highest BCUT2D eigenvalue weighted by Crippen LogP contribution is 2.30. The summed E-state index contributed by atoms with van der Waals surface area (Å²) in [5.41, 5.74) is 3.11. The van der Waals surface area contributed by atoms with Gasteiger partial charge in [0.2, 0.25) is 10.0 Å². The fourth-order valence-electron chi connectivity index (χ4n) is 2.99. The number of nitrogens with one attached hydrogen (secondary N) is 1. The Morgan fingerprint density at radius 2 is 1.97 bits per heavy atom. The van der Waals surface area contributed by atoms with Gasteiger partial charge in [0, 0.05) is 30.8 Å². The maximum absolute atomic E-state index is 13.1. The van der Waals surface area contributed by atoms with E-state index in [1.807, 2.05) is 0 Å². The third-order valence-electron chi connectivity index (χ3n) is 4.70. The Hall–Kier alpha value is -3.22. The number of nitro benzene ring substituents is 1. The number of hydrazone groups is 1. The van der Waals surface area contributed by atoms with Crippen LogP contribution in [0.15, 0.2) is 46.4 Å². The fourth-order valence-corrected chi connectivity index (χ4v) is 4.56. The molecule has 0 bridgehead atoms. The molecule has 0 aliphatic carbocycles. The quantitative estimate of drug-likeness (QED) is 0.371. The molecule has 31 heavy (non-hydrogen) atoms. The number of aromatic hydroxyl groups is 1. The SMILES string of the molecule is COc1ccc(O)c(/C(C)=N/Nc2ccc([N+](=O)[O-])cc2S(=O)(=O)N2CCOCC2)c1. The van der Waals surface area contributed by atoms with Crippen molar-refractivity contribution in [2.24, 2.45) is 5.10 Å². The lowest BCUT2D eigenvalue weighted by molar-refractivity contribution is -0.385. The van der Waals surface area contributed by atoms with Crippen LogP contribution in [-0.4, -0.2) is 61.9 Å². The number of nitrogens with zero attached hydrogens (tertiary/aromatic N) is 3. The minimum Gasteiger partial charge on any atom is -0.507 e. The van der Waals surface area contributed by atoms with E-state index in [-0.39, 0.29) is 48.3 Å². The monoisotopic (exact) mass is 450 g/mol. The van der Waals surface area contributed by atoms with E-state index in [0.29, 0.717) is 17.0 Å². The molecule has 0 amide bonds. The Morgan fingerprint density at radius 1 is 1.26 bits per heavy atom. The van der Waals surface area contributed by atoms with Gasteiger partial charge in [-0.2, -0.15) is 9.41 Å². The molecule has 1 heterocycles. The normalized spacial score (nSPS) is 15.5. The van der Waals surface area contributed by atoms with Crippen LogP contribution >= 0.6 is 0 Å². The number of hydrogen-bond donors (Lipinski definition) is 2. The van der Waals surface area contributed by atoms with Crippen LogP contribution in [0.25, 0.3) is 0 Å². The van der Waals surface area contributed by atoms with Crippen molar-refractivity contribution in [3.05, 3.63) is 52.1 Å². The number of nitro groups is 1. The number of ether oxygens (including phenoxy) is 2. The Bertz CT molecular complexity index is 1110. The van der Waals surface area contributed by atoms with E-state index in [1.54, 1.807) is 19.1 Å². The molecule has 1 aliphatic rings. The first kappa shape index (κ1) is 22.5. The average Bonchev–Trinajstić information content (AvgIpc) is 2.78. The highest BCUT2D eigenvalue weighted by atomic mass is 32.2. The molecule has 1 saturated heterocycles. The molecule has 2 aromatic rings. The lowest BCUT2D eigenvalue weighted by Crippen LogP contribution is -2.40. The maximum Gasteiger partial charge on any atom is 0.270 e. The topological polar surface area (TPSA) is 144 Å². The summed E-state index contributed by atoms with van der Waals surface area (Å²) in [7, 11) is -2.55. The molecule has 0 unspecified atom stereocenters. The summed E-state index contributed by atoms with van der Waals surface area (Å²) < 4.78 is 37.8. The van der Waals surface area contributed by atoms with Crippen LogP contribution in [0.3, 0.4) is 0 Å². The maximum atomic E-state index is 13.1. The molecule has 12 heteroatoms. The van der Waals surface area contributed by atoms with Gasteiger partial charge >= 0.3 is 0 Å². The van der Waals surface area contributed by atoms with Crippen LogP contribution in [0.2, 0.25) is 0 Å². The zero-order chi connectivity index (χ0) is 22.6. The molecule has 1 fully saturated rings. The van der Waals surface area contributed by atoms with Crippen molar-refractivity contribution in [1.82, 2.24) is 4.31 Å². The molecule has 11 nitrogen and oxygen atoms in total. The number of phenolic OH excluding ortho intramolecular Hbond substituents is 1. The van der Waals surface area contributed by atoms with E-state index in [2.05, 4.69) is 10.5 Å². The van der Waals surface area contributed by atoms with Gasteiger partial charge < -0.3 is 14.6 Å².